The summed E-state index contributed by atoms with van der Waals surface area (Å²) in [4.78, 5) is 21.2. The van der Waals surface area contributed by atoms with E-state index in [9.17, 15) is 9.59 Å². The molecule has 2 N–H and O–H groups in total. The Morgan fingerprint density at radius 3 is 1.73 bits per heavy atom. The largest absolute Gasteiger partial charge is 0.318 e. The van der Waals surface area contributed by atoms with Crippen LogP contribution in [0.2, 0.25) is 0 Å². The molecule has 4 nitrogen and oxygen atoms in total. The van der Waals surface area contributed by atoms with Crippen molar-refractivity contribution >= 4 is 45.3 Å². The van der Waals surface area contributed by atoms with Gasteiger partial charge in [-0.05, 0) is 53.9 Å². The highest BCUT2D eigenvalue weighted by Crippen LogP contribution is 2.19. The zero-order valence-corrected chi connectivity index (χ0v) is 9.32. The average molecular weight is 247 g/mol. The molecule has 0 saturated carbocycles. The van der Waals surface area contributed by atoms with Gasteiger partial charge < -0.3 is 10.6 Å². The SMILES string of the molecule is Cc1cc(NC(=O)Cl)cc(NC(=O)Cl)c1. The van der Waals surface area contributed by atoms with Crippen LogP contribution in [0.25, 0.3) is 0 Å². The number of anilines is 2. The quantitative estimate of drug-likeness (QED) is 0.620. The van der Waals surface area contributed by atoms with Crippen LogP contribution in [0, 0.1) is 6.92 Å². The zero-order chi connectivity index (χ0) is 11.4. The summed E-state index contributed by atoms with van der Waals surface area (Å²) in [5.41, 5.74) is 1.85. The first-order valence-electron chi connectivity index (χ1n) is 4.02. The predicted octanol–water partition coefficient (Wildman–Crippen LogP) is 3.54. The fraction of sp³-hybridized carbons (Fsp3) is 0.111. The second-order valence-electron chi connectivity index (χ2n) is 2.89. The minimum atomic E-state index is -0.691. The van der Waals surface area contributed by atoms with Gasteiger partial charge in [-0.15, -0.1) is 0 Å². The van der Waals surface area contributed by atoms with Gasteiger partial charge in [0.05, 0.1) is 0 Å². The van der Waals surface area contributed by atoms with E-state index in [0.717, 1.165) is 5.56 Å². The van der Waals surface area contributed by atoms with Gasteiger partial charge in [-0.2, -0.15) is 0 Å². The number of amides is 2. The molecule has 1 rings (SSSR count). The molecule has 0 aliphatic rings. The van der Waals surface area contributed by atoms with Gasteiger partial charge >= 0.3 is 10.7 Å². The van der Waals surface area contributed by atoms with Gasteiger partial charge in [-0.1, -0.05) is 0 Å². The number of benzene rings is 1. The lowest BCUT2D eigenvalue weighted by atomic mass is 10.2. The fourth-order valence-electron chi connectivity index (χ4n) is 1.15. The maximum atomic E-state index is 10.6. The van der Waals surface area contributed by atoms with Crippen molar-refractivity contribution in [3.8, 4) is 0 Å². The molecule has 0 atom stereocenters. The summed E-state index contributed by atoms with van der Waals surface area (Å²) in [5.74, 6) is 0. The Hall–Kier alpha value is -1.26. The van der Waals surface area contributed by atoms with E-state index >= 15 is 0 Å². The van der Waals surface area contributed by atoms with Crippen molar-refractivity contribution < 1.29 is 9.59 Å². The van der Waals surface area contributed by atoms with Crippen molar-refractivity contribution in [1.82, 2.24) is 0 Å². The Morgan fingerprint density at radius 2 is 1.40 bits per heavy atom. The number of aryl methyl sites for hydroxylation is 1. The highest BCUT2D eigenvalue weighted by molar-refractivity contribution is 6.66. The topological polar surface area (TPSA) is 58.2 Å². The summed E-state index contributed by atoms with van der Waals surface area (Å²) < 4.78 is 0. The monoisotopic (exact) mass is 246 g/mol. The van der Waals surface area contributed by atoms with Crippen LogP contribution in [0.3, 0.4) is 0 Å². The van der Waals surface area contributed by atoms with Gasteiger partial charge in [-0.3, -0.25) is 9.59 Å². The molecule has 80 valence electrons. The van der Waals surface area contributed by atoms with Gasteiger partial charge in [0.25, 0.3) is 0 Å². The first-order valence-corrected chi connectivity index (χ1v) is 4.77. The lowest BCUT2D eigenvalue weighted by molar-refractivity contribution is 0.268. The van der Waals surface area contributed by atoms with Gasteiger partial charge in [0.2, 0.25) is 0 Å². The van der Waals surface area contributed by atoms with E-state index in [-0.39, 0.29) is 0 Å². The Balaban J connectivity index is 2.94. The Morgan fingerprint density at radius 1 is 1.00 bits per heavy atom. The molecule has 2 amide bonds. The van der Waals surface area contributed by atoms with Gasteiger partial charge in [-0.25, -0.2) is 0 Å². The van der Waals surface area contributed by atoms with Gasteiger partial charge in [0.1, 0.15) is 0 Å². The molecular formula is C9H8Cl2N2O2. The Labute approximate surface area is 96.6 Å². The fourth-order valence-corrected chi connectivity index (χ4v) is 1.37. The molecule has 1 aromatic rings. The number of hydrogen-bond donors (Lipinski definition) is 2. The highest BCUT2D eigenvalue weighted by atomic mass is 35.5. The normalized spacial score (nSPS) is 9.53. The number of halogens is 2. The van der Waals surface area contributed by atoms with Crippen LogP contribution in [-0.4, -0.2) is 10.7 Å². The van der Waals surface area contributed by atoms with Gasteiger partial charge in [0, 0.05) is 11.4 Å². The highest BCUT2D eigenvalue weighted by Gasteiger charge is 2.03. The van der Waals surface area contributed by atoms with E-state index in [1.54, 1.807) is 18.2 Å². The first-order chi connectivity index (χ1) is 6.97. The van der Waals surface area contributed by atoms with E-state index < -0.39 is 10.7 Å². The predicted molar refractivity (Wildman–Crippen MR) is 60.9 cm³/mol. The van der Waals surface area contributed by atoms with E-state index in [4.69, 9.17) is 23.2 Å². The standard InChI is InChI=1S/C9H8Cl2N2O2/c1-5-2-6(12-8(10)14)4-7(3-5)13-9(11)15/h2-4H,1H3,(H,12,14)(H,13,15). The summed E-state index contributed by atoms with van der Waals surface area (Å²) in [6.45, 7) is 1.81. The van der Waals surface area contributed by atoms with Crippen molar-refractivity contribution in [2.45, 2.75) is 6.92 Å². The third-order valence-electron chi connectivity index (χ3n) is 1.56. The molecule has 0 fully saturated rings. The van der Waals surface area contributed by atoms with Crippen molar-refractivity contribution in [3.05, 3.63) is 23.8 Å². The summed E-state index contributed by atoms with van der Waals surface area (Å²) in [6, 6.07) is 4.97. The Kier molecular flexibility index (Phi) is 3.94. The summed E-state index contributed by atoms with van der Waals surface area (Å²) in [6.07, 6.45) is 0. The van der Waals surface area contributed by atoms with Crippen LogP contribution in [0.15, 0.2) is 18.2 Å². The number of hydrogen-bond acceptors (Lipinski definition) is 2. The molecule has 0 aliphatic heterocycles. The Bertz CT molecular complexity index is 373. The first kappa shape index (κ1) is 11.8. The van der Waals surface area contributed by atoms with Crippen LogP contribution >= 0.6 is 23.2 Å². The molecule has 0 bridgehead atoms. The molecule has 1 aromatic carbocycles. The van der Waals surface area contributed by atoms with E-state index in [1.165, 1.54) is 0 Å². The number of nitrogens with one attached hydrogen (secondary N) is 2. The number of rotatable bonds is 2. The second-order valence-corrected chi connectivity index (χ2v) is 3.57. The van der Waals surface area contributed by atoms with Crippen molar-refractivity contribution in [2.75, 3.05) is 10.6 Å². The minimum Gasteiger partial charge on any atom is -0.312 e. The van der Waals surface area contributed by atoms with Crippen LogP contribution in [0.1, 0.15) is 5.56 Å². The molecule has 15 heavy (non-hydrogen) atoms. The second kappa shape index (κ2) is 5.00. The molecule has 0 aliphatic carbocycles. The smallest absolute Gasteiger partial charge is 0.312 e. The third kappa shape index (κ3) is 4.18. The van der Waals surface area contributed by atoms with Crippen molar-refractivity contribution in [1.29, 1.82) is 0 Å². The van der Waals surface area contributed by atoms with E-state index in [2.05, 4.69) is 10.6 Å². The maximum Gasteiger partial charge on any atom is 0.318 e. The van der Waals surface area contributed by atoms with Crippen LogP contribution < -0.4 is 10.6 Å². The molecule has 6 heteroatoms. The average Bonchev–Trinajstić information content (AvgIpc) is 1.98. The zero-order valence-electron chi connectivity index (χ0n) is 7.80. The molecular weight excluding hydrogens is 239 g/mol. The molecule has 0 aromatic heterocycles. The lowest BCUT2D eigenvalue weighted by Gasteiger charge is -2.06. The van der Waals surface area contributed by atoms with Crippen molar-refractivity contribution in [3.63, 3.8) is 0 Å². The molecule has 0 saturated heterocycles. The summed E-state index contributed by atoms with van der Waals surface area (Å²) >= 11 is 10.3. The number of carbonyl (C=O) groups is 2. The maximum absolute atomic E-state index is 10.6. The molecule has 0 unspecified atom stereocenters. The van der Waals surface area contributed by atoms with Crippen LogP contribution in [-0.2, 0) is 0 Å². The summed E-state index contributed by atoms with van der Waals surface area (Å²) in [5, 5.41) is 3.40. The van der Waals surface area contributed by atoms with Gasteiger partial charge in [0.15, 0.2) is 0 Å². The molecule has 0 heterocycles. The van der Waals surface area contributed by atoms with E-state index in [0.29, 0.717) is 11.4 Å². The van der Waals surface area contributed by atoms with Crippen LogP contribution in [0.5, 0.6) is 0 Å². The van der Waals surface area contributed by atoms with E-state index in [1.807, 2.05) is 6.92 Å². The summed E-state index contributed by atoms with van der Waals surface area (Å²) in [7, 11) is 0. The lowest BCUT2D eigenvalue weighted by Crippen LogP contribution is -2.04. The van der Waals surface area contributed by atoms with Crippen LogP contribution in [0.4, 0.5) is 21.0 Å². The van der Waals surface area contributed by atoms with Crippen molar-refractivity contribution in [2.24, 2.45) is 0 Å². The molecule has 0 radical (unpaired) electrons. The molecule has 0 spiro atoms. The minimum absolute atomic E-state index is 0.496. The number of carbonyl (C=O) groups excluding carboxylic acids is 2. The third-order valence-corrected chi connectivity index (χ3v) is 1.75.